The van der Waals surface area contributed by atoms with Crippen LogP contribution in [0.1, 0.15) is 18.1 Å². The fraction of sp³-hybridized carbons (Fsp3) is 0.125. The maximum absolute atomic E-state index is 6.24. The smallest absolute Gasteiger partial charge is 0.238 e. The van der Waals surface area contributed by atoms with Crippen LogP contribution in [0.15, 0.2) is 72.9 Å². The van der Waals surface area contributed by atoms with Crippen LogP contribution in [-0.2, 0) is 6.42 Å². The first-order valence-corrected chi connectivity index (χ1v) is 9.61. The number of hydrogen-bond donors (Lipinski definition) is 2. The molecular weight excluding hydrogens is 362 g/mol. The second-order valence-electron chi connectivity index (χ2n) is 7.19. The molecule has 0 radical (unpaired) electrons. The molecule has 4 aromatic rings. The number of nitrogens with zero attached hydrogens (tertiary/aromatic N) is 1. The SMILES string of the molecule is CC1Oc2cc3ncc(N)c(Nc4ccc(Cc5ccccc5)cc4)c3cc2O1. The zero-order valence-corrected chi connectivity index (χ0v) is 16.1. The molecule has 1 unspecified atom stereocenters. The molecule has 0 amide bonds. The van der Waals surface area contributed by atoms with Gasteiger partial charge in [-0.2, -0.15) is 0 Å². The molecule has 0 spiro atoms. The van der Waals surface area contributed by atoms with Crippen LogP contribution in [0.2, 0.25) is 0 Å². The van der Waals surface area contributed by atoms with E-state index in [-0.39, 0.29) is 6.29 Å². The molecule has 1 aliphatic rings. The van der Waals surface area contributed by atoms with E-state index in [1.807, 2.05) is 25.1 Å². The van der Waals surface area contributed by atoms with Crippen molar-refractivity contribution in [2.24, 2.45) is 0 Å². The molecule has 144 valence electrons. The topological polar surface area (TPSA) is 69.4 Å². The van der Waals surface area contributed by atoms with Gasteiger partial charge in [0.1, 0.15) is 0 Å². The Kier molecular flexibility index (Phi) is 4.21. The van der Waals surface area contributed by atoms with Crippen molar-refractivity contribution in [2.45, 2.75) is 19.6 Å². The summed E-state index contributed by atoms with van der Waals surface area (Å²) in [5.74, 6) is 1.41. The second-order valence-corrected chi connectivity index (χ2v) is 7.19. The van der Waals surface area contributed by atoms with E-state index in [1.54, 1.807) is 6.20 Å². The molecule has 5 heteroatoms. The van der Waals surface area contributed by atoms with Gasteiger partial charge in [-0.25, -0.2) is 0 Å². The van der Waals surface area contributed by atoms with Gasteiger partial charge in [0, 0.05) is 24.1 Å². The zero-order chi connectivity index (χ0) is 19.8. The Bertz CT molecular complexity index is 1170. The Labute approximate surface area is 169 Å². The first-order chi connectivity index (χ1) is 14.2. The second kappa shape index (κ2) is 7.02. The summed E-state index contributed by atoms with van der Waals surface area (Å²) >= 11 is 0. The van der Waals surface area contributed by atoms with Crippen molar-refractivity contribution in [1.82, 2.24) is 4.98 Å². The standard InChI is InChI=1S/C24H21N3O2/c1-15-28-22-12-19-21(13-23(22)29-15)26-14-20(25)24(19)27-18-9-7-17(8-10-18)11-16-5-3-2-4-6-16/h2-10,12-15H,11,25H2,1H3,(H,26,27). The van der Waals surface area contributed by atoms with Gasteiger partial charge in [0.2, 0.25) is 6.29 Å². The average molecular weight is 383 g/mol. The summed E-state index contributed by atoms with van der Waals surface area (Å²) in [5.41, 5.74) is 12.0. The number of nitrogens with two attached hydrogens (primary N) is 1. The molecule has 3 N–H and O–H groups in total. The number of fused-ring (bicyclic) bond motifs is 2. The maximum atomic E-state index is 6.24. The van der Waals surface area contributed by atoms with Crippen molar-refractivity contribution in [1.29, 1.82) is 0 Å². The number of ether oxygens (including phenoxy) is 2. The third-order valence-electron chi connectivity index (χ3n) is 5.02. The van der Waals surface area contributed by atoms with Gasteiger partial charge in [0.15, 0.2) is 11.5 Å². The Morgan fingerprint density at radius 2 is 1.62 bits per heavy atom. The van der Waals surface area contributed by atoms with Crippen LogP contribution in [-0.4, -0.2) is 11.3 Å². The van der Waals surface area contributed by atoms with Crippen LogP contribution in [0, 0.1) is 0 Å². The zero-order valence-electron chi connectivity index (χ0n) is 16.1. The number of pyridine rings is 1. The predicted molar refractivity (Wildman–Crippen MR) is 116 cm³/mol. The molecule has 5 nitrogen and oxygen atoms in total. The minimum atomic E-state index is -0.298. The van der Waals surface area contributed by atoms with Crippen LogP contribution >= 0.6 is 0 Å². The van der Waals surface area contributed by atoms with Crippen molar-refractivity contribution in [3.8, 4) is 11.5 Å². The molecule has 0 fully saturated rings. The van der Waals surface area contributed by atoms with Gasteiger partial charge in [0.25, 0.3) is 0 Å². The molecule has 0 saturated carbocycles. The van der Waals surface area contributed by atoms with E-state index in [4.69, 9.17) is 15.2 Å². The number of nitrogen functional groups attached to an aromatic ring is 1. The largest absolute Gasteiger partial charge is 0.451 e. The highest BCUT2D eigenvalue weighted by Gasteiger charge is 2.22. The summed E-state index contributed by atoms with van der Waals surface area (Å²) in [4.78, 5) is 4.45. The molecule has 0 bridgehead atoms. The van der Waals surface area contributed by atoms with Crippen LogP contribution < -0.4 is 20.5 Å². The molecular formula is C24H21N3O2. The van der Waals surface area contributed by atoms with Crippen LogP contribution in [0.3, 0.4) is 0 Å². The van der Waals surface area contributed by atoms with E-state index >= 15 is 0 Å². The van der Waals surface area contributed by atoms with E-state index in [0.29, 0.717) is 17.2 Å². The molecule has 0 aliphatic carbocycles. The lowest BCUT2D eigenvalue weighted by atomic mass is 10.0. The Balaban J connectivity index is 1.44. The molecule has 29 heavy (non-hydrogen) atoms. The number of benzene rings is 3. The van der Waals surface area contributed by atoms with E-state index in [0.717, 1.165) is 28.7 Å². The lowest BCUT2D eigenvalue weighted by molar-refractivity contribution is 0.0679. The lowest BCUT2D eigenvalue weighted by Crippen LogP contribution is -2.11. The van der Waals surface area contributed by atoms with E-state index in [2.05, 4.69) is 58.8 Å². The van der Waals surface area contributed by atoms with Crippen molar-refractivity contribution in [3.63, 3.8) is 0 Å². The van der Waals surface area contributed by atoms with Crippen molar-refractivity contribution < 1.29 is 9.47 Å². The Hall–Kier alpha value is -3.73. The lowest BCUT2D eigenvalue weighted by Gasteiger charge is -2.13. The van der Waals surface area contributed by atoms with Gasteiger partial charge >= 0.3 is 0 Å². The fourth-order valence-corrected chi connectivity index (χ4v) is 3.60. The molecule has 1 atom stereocenters. The molecule has 2 heterocycles. The molecule has 1 aromatic heterocycles. The maximum Gasteiger partial charge on any atom is 0.238 e. The molecule has 1 aliphatic heterocycles. The highest BCUT2D eigenvalue weighted by atomic mass is 16.7. The third kappa shape index (κ3) is 3.43. The van der Waals surface area contributed by atoms with E-state index in [9.17, 15) is 0 Å². The van der Waals surface area contributed by atoms with Gasteiger partial charge in [-0.1, -0.05) is 42.5 Å². The van der Waals surface area contributed by atoms with Crippen LogP contribution in [0.4, 0.5) is 17.1 Å². The third-order valence-corrected chi connectivity index (χ3v) is 5.02. The summed E-state index contributed by atoms with van der Waals surface area (Å²) in [6.07, 6.45) is 2.27. The predicted octanol–water partition coefficient (Wildman–Crippen LogP) is 5.27. The summed E-state index contributed by atoms with van der Waals surface area (Å²) < 4.78 is 11.4. The minimum absolute atomic E-state index is 0.298. The number of hydrogen-bond acceptors (Lipinski definition) is 5. The van der Waals surface area contributed by atoms with Crippen LogP contribution in [0.25, 0.3) is 10.9 Å². The van der Waals surface area contributed by atoms with Crippen LogP contribution in [0.5, 0.6) is 11.5 Å². The molecule has 0 saturated heterocycles. The summed E-state index contributed by atoms with van der Waals surface area (Å²) in [6, 6.07) is 22.7. The van der Waals surface area contributed by atoms with Gasteiger partial charge < -0.3 is 20.5 Å². The van der Waals surface area contributed by atoms with E-state index < -0.39 is 0 Å². The molecule has 3 aromatic carbocycles. The van der Waals surface area contributed by atoms with Crippen molar-refractivity contribution in [3.05, 3.63) is 84.1 Å². The number of rotatable bonds is 4. The van der Waals surface area contributed by atoms with Gasteiger partial charge in [-0.3, -0.25) is 4.98 Å². The molecule has 5 rings (SSSR count). The van der Waals surface area contributed by atoms with Gasteiger partial charge in [0.05, 0.1) is 23.1 Å². The normalized spacial score (nSPS) is 14.9. The summed E-state index contributed by atoms with van der Waals surface area (Å²) in [6.45, 7) is 1.86. The first kappa shape index (κ1) is 17.4. The fourth-order valence-electron chi connectivity index (χ4n) is 3.60. The van der Waals surface area contributed by atoms with Gasteiger partial charge in [-0.15, -0.1) is 0 Å². The number of anilines is 3. The first-order valence-electron chi connectivity index (χ1n) is 9.61. The number of nitrogens with one attached hydrogen (secondary N) is 1. The summed E-state index contributed by atoms with van der Waals surface area (Å²) in [5, 5.41) is 4.35. The average Bonchev–Trinajstić information content (AvgIpc) is 3.10. The Morgan fingerprint density at radius 3 is 2.38 bits per heavy atom. The van der Waals surface area contributed by atoms with Crippen molar-refractivity contribution >= 4 is 28.0 Å². The highest BCUT2D eigenvalue weighted by molar-refractivity contribution is 6.00. The number of aromatic nitrogens is 1. The monoisotopic (exact) mass is 383 g/mol. The van der Waals surface area contributed by atoms with Crippen molar-refractivity contribution in [2.75, 3.05) is 11.1 Å². The highest BCUT2D eigenvalue weighted by Crippen LogP contribution is 2.41. The quantitative estimate of drug-likeness (QED) is 0.502. The Morgan fingerprint density at radius 1 is 0.931 bits per heavy atom. The van der Waals surface area contributed by atoms with Gasteiger partial charge in [-0.05, 0) is 35.7 Å². The van der Waals surface area contributed by atoms with E-state index in [1.165, 1.54) is 11.1 Å². The summed E-state index contributed by atoms with van der Waals surface area (Å²) in [7, 11) is 0. The minimum Gasteiger partial charge on any atom is -0.451 e.